The van der Waals surface area contributed by atoms with Gasteiger partial charge in [-0.25, -0.2) is 4.98 Å². The van der Waals surface area contributed by atoms with Crippen LogP contribution < -0.4 is 10.9 Å². The second kappa shape index (κ2) is 6.67. The van der Waals surface area contributed by atoms with Crippen molar-refractivity contribution in [1.29, 1.82) is 0 Å². The van der Waals surface area contributed by atoms with Crippen molar-refractivity contribution in [3.8, 4) is 0 Å². The number of aromatic nitrogens is 2. The highest BCUT2D eigenvalue weighted by Gasteiger charge is 2.33. The lowest BCUT2D eigenvalue weighted by Gasteiger charge is -2.41. The molecule has 2 aromatic rings. The quantitative estimate of drug-likeness (QED) is 0.935. The third-order valence-corrected chi connectivity index (χ3v) is 5.36. The van der Waals surface area contributed by atoms with E-state index in [4.69, 9.17) is 4.98 Å². The van der Waals surface area contributed by atoms with E-state index in [-0.39, 0.29) is 5.56 Å². The van der Waals surface area contributed by atoms with Gasteiger partial charge in [0, 0.05) is 24.8 Å². The van der Waals surface area contributed by atoms with Crippen LogP contribution in [0.4, 0.5) is 0 Å². The number of nitrogens with one attached hydrogen (secondary N) is 1. The minimum Gasteiger partial charge on any atom is -0.308 e. The standard InChI is InChI=1S/C20H29N3O/c1-14-8-7-11-23-18(24)12-15(22-19(14)23)13-21-17-10-6-5-9-16(17)20(2,3)4/h7-8,11-12,16-17,21H,5-6,9-10,13H2,1-4H3. The van der Waals surface area contributed by atoms with Crippen LogP contribution >= 0.6 is 0 Å². The summed E-state index contributed by atoms with van der Waals surface area (Å²) in [6.07, 6.45) is 6.90. The number of fused-ring (bicyclic) bond motifs is 1. The zero-order valence-electron chi connectivity index (χ0n) is 15.3. The van der Waals surface area contributed by atoms with Crippen LogP contribution in [0.3, 0.4) is 0 Å². The Morgan fingerprint density at radius 1 is 1.29 bits per heavy atom. The van der Waals surface area contributed by atoms with Gasteiger partial charge in [-0.3, -0.25) is 9.20 Å². The molecule has 24 heavy (non-hydrogen) atoms. The number of pyridine rings is 1. The average molecular weight is 327 g/mol. The van der Waals surface area contributed by atoms with E-state index in [1.165, 1.54) is 25.7 Å². The monoisotopic (exact) mass is 327 g/mol. The van der Waals surface area contributed by atoms with Gasteiger partial charge in [-0.15, -0.1) is 0 Å². The van der Waals surface area contributed by atoms with Crippen LogP contribution in [0.1, 0.15) is 57.7 Å². The van der Waals surface area contributed by atoms with Crippen molar-refractivity contribution in [2.24, 2.45) is 11.3 Å². The fraction of sp³-hybridized carbons (Fsp3) is 0.600. The molecule has 2 aromatic heterocycles. The number of nitrogens with zero attached hydrogens (tertiary/aromatic N) is 2. The van der Waals surface area contributed by atoms with Crippen LogP contribution in [-0.4, -0.2) is 15.4 Å². The minimum absolute atomic E-state index is 0.00323. The Bertz CT molecular complexity index is 773. The fourth-order valence-electron chi connectivity index (χ4n) is 4.05. The highest BCUT2D eigenvalue weighted by atomic mass is 16.1. The molecule has 2 heterocycles. The van der Waals surface area contributed by atoms with E-state index in [2.05, 4.69) is 26.1 Å². The van der Waals surface area contributed by atoms with E-state index in [0.29, 0.717) is 23.9 Å². The van der Waals surface area contributed by atoms with Crippen LogP contribution in [0.25, 0.3) is 5.65 Å². The Labute approximate surface area is 144 Å². The second-order valence-corrected chi connectivity index (χ2v) is 8.21. The molecular formula is C20H29N3O. The molecule has 1 aliphatic rings. The minimum atomic E-state index is -0.00323. The van der Waals surface area contributed by atoms with Crippen LogP contribution in [0.15, 0.2) is 29.2 Å². The lowest BCUT2D eigenvalue weighted by Crippen LogP contribution is -2.44. The topological polar surface area (TPSA) is 46.4 Å². The molecule has 1 saturated carbocycles. The zero-order valence-corrected chi connectivity index (χ0v) is 15.3. The molecule has 2 atom stereocenters. The Hall–Kier alpha value is -1.68. The number of hydrogen-bond donors (Lipinski definition) is 1. The molecule has 3 rings (SSSR count). The maximum atomic E-state index is 12.3. The van der Waals surface area contributed by atoms with Crippen molar-refractivity contribution in [2.75, 3.05) is 0 Å². The molecule has 1 N–H and O–H groups in total. The largest absolute Gasteiger partial charge is 0.308 e. The van der Waals surface area contributed by atoms with Gasteiger partial charge in [0.1, 0.15) is 5.65 Å². The Morgan fingerprint density at radius 3 is 2.79 bits per heavy atom. The van der Waals surface area contributed by atoms with Gasteiger partial charge in [-0.1, -0.05) is 39.7 Å². The average Bonchev–Trinajstić information content (AvgIpc) is 2.53. The Balaban J connectivity index is 1.80. The third-order valence-electron chi connectivity index (χ3n) is 5.36. The summed E-state index contributed by atoms with van der Waals surface area (Å²) in [5, 5.41) is 3.70. The SMILES string of the molecule is Cc1cccn2c(=O)cc(CNC3CCCCC3C(C)(C)C)nc12. The predicted molar refractivity (Wildman–Crippen MR) is 98.2 cm³/mol. The number of hydrogen-bond acceptors (Lipinski definition) is 3. The summed E-state index contributed by atoms with van der Waals surface area (Å²) >= 11 is 0. The highest BCUT2D eigenvalue weighted by Crippen LogP contribution is 2.38. The normalized spacial score (nSPS) is 22.0. The fourth-order valence-corrected chi connectivity index (χ4v) is 4.05. The maximum absolute atomic E-state index is 12.3. The van der Waals surface area contributed by atoms with Gasteiger partial charge >= 0.3 is 0 Å². The van der Waals surface area contributed by atoms with Crippen molar-refractivity contribution >= 4 is 5.65 Å². The lowest BCUT2D eigenvalue weighted by atomic mass is 9.69. The van der Waals surface area contributed by atoms with Crippen LogP contribution in [0.5, 0.6) is 0 Å². The van der Waals surface area contributed by atoms with Gasteiger partial charge in [-0.2, -0.15) is 0 Å². The van der Waals surface area contributed by atoms with Gasteiger partial charge in [-0.05, 0) is 42.7 Å². The van der Waals surface area contributed by atoms with Crippen LogP contribution in [0, 0.1) is 18.3 Å². The summed E-state index contributed by atoms with van der Waals surface area (Å²) in [5.41, 5.74) is 2.94. The summed E-state index contributed by atoms with van der Waals surface area (Å²) in [7, 11) is 0. The summed E-state index contributed by atoms with van der Waals surface area (Å²) < 4.78 is 1.62. The molecular weight excluding hydrogens is 298 g/mol. The molecule has 0 aromatic carbocycles. The molecule has 0 saturated heterocycles. The maximum Gasteiger partial charge on any atom is 0.258 e. The first-order chi connectivity index (χ1) is 11.4. The van der Waals surface area contributed by atoms with Crippen molar-refractivity contribution in [3.63, 3.8) is 0 Å². The highest BCUT2D eigenvalue weighted by molar-refractivity contribution is 5.46. The zero-order chi connectivity index (χ0) is 17.3. The molecule has 130 valence electrons. The molecule has 0 bridgehead atoms. The summed E-state index contributed by atoms with van der Waals surface area (Å²) in [5.74, 6) is 0.675. The van der Waals surface area contributed by atoms with Crippen molar-refractivity contribution in [1.82, 2.24) is 14.7 Å². The van der Waals surface area contributed by atoms with E-state index in [9.17, 15) is 4.79 Å². The van der Waals surface area contributed by atoms with E-state index < -0.39 is 0 Å². The Kier molecular flexibility index (Phi) is 4.77. The number of aryl methyl sites for hydroxylation is 1. The first kappa shape index (κ1) is 17.2. The van der Waals surface area contributed by atoms with Gasteiger partial charge in [0.05, 0.1) is 5.69 Å². The Morgan fingerprint density at radius 2 is 2.04 bits per heavy atom. The van der Waals surface area contributed by atoms with Gasteiger partial charge in [0.15, 0.2) is 0 Å². The molecule has 1 aliphatic carbocycles. The van der Waals surface area contributed by atoms with Crippen molar-refractivity contribution < 1.29 is 0 Å². The first-order valence-electron chi connectivity index (χ1n) is 9.07. The molecule has 0 radical (unpaired) electrons. The van der Waals surface area contributed by atoms with Crippen LogP contribution in [0.2, 0.25) is 0 Å². The van der Waals surface area contributed by atoms with E-state index in [0.717, 1.165) is 16.9 Å². The van der Waals surface area contributed by atoms with E-state index in [1.54, 1.807) is 16.7 Å². The molecule has 0 amide bonds. The summed E-state index contributed by atoms with van der Waals surface area (Å²) in [6, 6.07) is 6.06. The smallest absolute Gasteiger partial charge is 0.258 e. The van der Waals surface area contributed by atoms with Gasteiger partial charge in [0.25, 0.3) is 5.56 Å². The molecule has 4 heteroatoms. The van der Waals surface area contributed by atoms with Crippen molar-refractivity contribution in [2.45, 2.75) is 66.0 Å². The molecule has 2 unspecified atom stereocenters. The van der Waals surface area contributed by atoms with E-state index in [1.807, 2.05) is 19.1 Å². The van der Waals surface area contributed by atoms with Gasteiger partial charge in [0.2, 0.25) is 0 Å². The van der Waals surface area contributed by atoms with Crippen molar-refractivity contribution in [3.05, 3.63) is 46.0 Å². The third kappa shape index (κ3) is 3.54. The van der Waals surface area contributed by atoms with Crippen LogP contribution in [-0.2, 0) is 6.54 Å². The molecule has 4 nitrogen and oxygen atoms in total. The van der Waals surface area contributed by atoms with E-state index >= 15 is 0 Å². The summed E-state index contributed by atoms with van der Waals surface area (Å²) in [4.78, 5) is 17.0. The molecule has 0 aliphatic heterocycles. The lowest BCUT2D eigenvalue weighted by molar-refractivity contribution is 0.130. The molecule has 0 spiro atoms. The molecule has 1 fully saturated rings. The second-order valence-electron chi connectivity index (χ2n) is 8.21. The predicted octanol–water partition coefficient (Wildman–Crippen LogP) is 3.70. The van der Waals surface area contributed by atoms with Gasteiger partial charge < -0.3 is 5.32 Å². The first-order valence-corrected chi connectivity index (χ1v) is 9.07. The number of rotatable bonds is 3. The summed E-state index contributed by atoms with van der Waals surface area (Å²) in [6.45, 7) is 9.66.